The maximum absolute atomic E-state index is 5.12. The summed E-state index contributed by atoms with van der Waals surface area (Å²) >= 11 is 1.87. The molecule has 1 atom stereocenters. The van der Waals surface area contributed by atoms with Gasteiger partial charge in [0, 0.05) is 21.6 Å². The number of benzene rings is 6. The lowest BCUT2D eigenvalue weighted by atomic mass is 9.67. The van der Waals surface area contributed by atoms with Crippen LogP contribution in [0, 0.1) is 0 Å². The fraction of sp³-hybridized carbons (Fsp3) is 0.0444. The van der Waals surface area contributed by atoms with Crippen LogP contribution in [0.25, 0.3) is 22.3 Å². The molecule has 0 amide bonds. The summed E-state index contributed by atoms with van der Waals surface area (Å²) in [7, 11) is 0. The van der Waals surface area contributed by atoms with Gasteiger partial charge in [-0.25, -0.2) is 9.98 Å². The molecule has 3 heterocycles. The number of fused-ring (bicyclic) bond motifs is 9. The fourth-order valence-electron chi connectivity index (χ4n) is 7.97. The Bertz CT molecular complexity index is 2460. The third kappa shape index (κ3) is 4.37. The molecule has 0 radical (unpaired) electrons. The first-order valence-electron chi connectivity index (χ1n) is 16.9. The lowest BCUT2D eigenvalue weighted by molar-refractivity contribution is 0.674. The molecular weight excluding hydrogens is 629 g/mol. The Labute approximate surface area is 295 Å². The van der Waals surface area contributed by atoms with Crippen LogP contribution in [0.5, 0.6) is 0 Å². The second-order valence-electron chi connectivity index (χ2n) is 12.8. The van der Waals surface area contributed by atoms with Gasteiger partial charge >= 0.3 is 0 Å². The van der Waals surface area contributed by atoms with E-state index in [2.05, 4.69) is 138 Å². The molecule has 7 aromatic rings. The minimum Gasteiger partial charge on any atom is -0.344 e. The number of aromatic nitrogens is 1. The summed E-state index contributed by atoms with van der Waals surface area (Å²) in [6.45, 7) is 0. The van der Waals surface area contributed by atoms with Crippen LogP contribution in [0.2, 0.25) is 0 Å². The number of aliphatic imine (C=N–C) groups is 2. The zero-order valence-electron chi connectivity index (χ0n) is 27.0. The van der Waals surface area contributed by atoms with E-state index in [4.69, 9.17) is 9.98 Å². The van der Waals surface area contributed by atoms with Gasteiger partial charge in [-0.15, -0.1) is 0 Å². The molecule has 2 aliphatic heterocycles. The minimum atomic E-state index is -0.437. The lowest BCUT2D eigenvalue weighted by Gasteiger charge is -2.40. The van der Waals surface area contributed by atoms with E-state index in [0.717, 1.165) is 33.8 Å². The second kappa shape index (κ2) is 11.5. The highest BCUT2D eigenvalue weighted by Crippen LogP contribution is 2.62. The summed E-state index contributed by atoms with van der Waals surface area (Å²) < 4.78 is 0. The van der Waals surface area contributed by atoms with Gasteiger partial charge in [0.15, 0.2) is 5.84 Å². The maximum atomic E-state index is 5.12. The summed E-state index contributed by atoms with van der Waals surface area (Å²) in [5.41, 5.74) is 12.5. The van der Waals surface area contributed by atoms with Crippen LogP contribution in [0.3, 0.4) is 0 Å². The molecule has 1 aromatic heterocycles. The van der Waals surface area contributed by atoms with E-state index in [-0.39, 0.29) is 6.17 Å². The number of nitrogens with zero attached hydrogens (tertiary/aromatic N) is 3. The summed E-state index contributed by atoms with van der Waals surface area (Å²) in [6, 6.07) is 58.6. The third-order valence-electron chi connectivity index (χ3n) is 10.1. The predicted molar refractivity (Wildman–Crippen MR) is 203 cm³/mol. The highest BCUT2D eigenvalue weighted by Gasteiger charge is 2.50. The van der Waals surface area contributed by atoms with Gasteiger partial charge in [0.2, 0.25) is 0 Å². The van der Waals surface area contributed by atoms with Crippen LogP contribution >= 0.6 is 11.8 Å². The lowest BCUT2D eigenvalue weighted by Crippen LogP contribution is -2.34. The summed E-state index contributed by atoms with van der Waals surface area (Å²) in [5.74, 6) is 1.38. The summed E-state index contributed by atoms with van der Waals surface area (Å²) in [5, 5.41) is 3.68. The van der Waals surface area contributed by atoms with Crippen molar-refractivity contribution in [1.82, 2.24) is 10.3 Å². The zero-order valence-corrected chi connectivity index (χ0v) is 27.8. The first-order valence-corrected chi connectivity index (χ1v) is 17.7. The normalized spacial score (nSPS) is 16.3. The molecule has 5 heteroatoms. The van der Waals surface area contributed by atoms with Gasteiger partial charge in [0.25, 0.3) is 0 Å². The average molecular weight is 659 g/mol. The summed E-state index contributed by atoms with van der Waals surface area (Å²) in [4.78, 5) is 17.3. The van der Waals surface area contributed by atoms with Crippen LogP contribution < -0.4 is 5.32 Å². The van der Waals surface area contributed by atoms with Crippen molar-refractivity contribution >= 4 is 23.4 Å². The van der Waals surface area contributed by atoms with Gasteiger partial charge in [-0.3, -0.25) is 4.98 Å². The number of amidine groups is 2. The van der Waals surface area contributed by atoms with E-state index >= 15 is 0 Å². The molecule has 3 aliphatic rings. The predicted octanol–water partition coefficient (Wildman–Crippen LogP) is 10.1. The summed E-state index contributed by atoms with van der Waals surface area (Å²) in [6.07, 6.45) is 1.49. The van der Waals surface area contributed by atoms with Crippen LogP contribution in [0.4, 0.5) is 0 Å². The Balaban J connectivity index is 1.17. The molecule has 0 saturated carbocycles. The van der Waals surface area contributed by atoms with E-state index in [1.54, 1.807) is 6.20 Å². The molecule has 1 unspecified atom stereocenters. The largest absolute Gasteiger partial charge is 0.344 e. The molecule has 1 N–H and O–H groups in total. The first-order chi connectivity index (χ1) is 24.8. The number of pyridine rings is 1. The molecule has 0 saturated heterocycles. The van der Waals surface area contributed by atoms with Crippen molar-refractivity contribution in [2.75, 3.05) is 0 Å². The number of nitrogens with one attached hydrogen (secondary N) is 1. The van der Waals surface area contributed by atoms with Crippen LogP contribution in [-0.4, -0.2) is 16.7 Å². The Morgan fingerprint density at radius 2 is 1.14 bits per heavy atom. The topological polar surface area (TPSA) is 49.6 Å². The fourth-order valence-corrected chi connectivity index (χ4v) is 9.14. The van der Waals surface area contributed by atoms with E-state index in [1.807, 2.05) is 48.2 Å². The van der Waals surface area contributed by atoms with Gasteiger partial charge in [-0.05, 0) is 80.4 Å². The number of hydrogen-bond donors (Lipinski definition) is 1. The number of hydrogen-bond acceptors (Lipinski definition) is 5. The molecule has 10 rings (SSSR count). The standard InChI is InChI=1S/C45H30N4S/c1-2-14-29(15-3-1)42-47-43(49-44(48-42)39-23-12-13-27-46-39)34-19-5-4-16-31(34)30-25-26-41-38(28-30)45(37-22-10-11-24-40(37)50-41)35-20-8-6-17-32(35)33-18-7-9-21-36(33)45/h1-28,42H,(H,47,48,49). The van der Waals surface area contributed by atoms with Crippen molar-refractivity contribution in [2.45, 2.75) is 21.4 Å². The van der Waals surface area contributed by atoms with Crippen molar-refractivity contribution in [3.63, 3.8) is 0 Å². The van der Waals surface area contributed by atoms with Crippen molar-refractivity contribution in [3.8, 4) is 22.3 Å². The molecule has 50 heavy (non-hydrogen) atoms. The molecule has 0 bridgehead atoms. The molecule has 4 nitrogen and oxygen atoms in total. The molecule has 6 aromatic carbocycles. The molecule has 1 aliphatic carbocycles. The SMILES string of the molecule is c1ccc(C2N=C(c3ccccn3)N=C(c3ccccc3-c3ccc4c(c3)C3(c5ccccc5S4)c4ccccc4-c4ccccc43)N2)cc1. The van der Waals surface area contributed by atoms with E-state index in [9.17, 15) is 0 Å². The Morgan fingerprint density at radius 3 is 1.88 bits per heavy atom. The van der Waals surface area contributed by atoms with Gasteiger partial charge < -0.3 is 5.32 Å². The van der Waals surface area contributed by atoms with Crippen LogP contribution in [0.1, 0.15) is 45.2 Å². The van der Waals surface area contributed by atoms with Crippen molar-refractivity contribution < 1.29 is 0 Å². The molecular formula is C45H30N4S. The quantitative estimate of drug-likeness (QED) is 0.205. The minimum absolute atomic E-state index is 0.306. The van der Waals surface area contributed by atoms with Crippen molar-refractivity contribution in [2.24, 2.45) is 9.98 Å². The second-order valence-corrected chi connectivity index (χ2v) is 13.9. The van der Waals surface area contributed by atoms with Crippen molar-refractivity contribution in [3.05, 3.63) is 209 Å². The van der Waals surface area contributed by atoms with Gasteiger partial charge in [0.05, 0.1) is 5.41 Å². The Morgan fingerprint density at radius 1 is 0.520 bits per heavy atom. The van der Waals surface area contributed by atoms with Crippen LogP contribution in [-0.2, 0) is 5.41 Å². The monoisotopic (exact) mass is 658 g/mol. The molecule has 1 spiro atoms. The average Bonchev–Trinajstić information content (AvgIpc) is 3.49. The van der Waals surface area contributed by atoms with E-state index < -0.39 is 5.41 Å². The molecule has 236 valence electrons. The van der Waals surface area contributed by atoms with Gasteiger partial charge in [-0.2, -0.15) is 0 Å². The van der Waals surface area contributed by atoms with Gasteiger partial charge in [-0.1, -0.05) is 145 Å². The number of rotatable bonds is 4. The zero-order chi connectivity index (χ0) is 33.1. The first kappa shape index (κ1) is 28.9. The highest BCUT2D eigenvalue weighted by atomic mass is 32.2. The third-order valence-corrected chi connectivity index (χ3v) is 11.2. The Hall–Kier alpha value is -6.04. The molecule has 0 fully saturated rings. The van der Waals surface area contributed by atoms with Crippen molar-refractivity contribution in [1.29, 1.82) is 0 Å². The van der Waals surface area contributed by atoms with Crippen LogP contribution in [0.15, 0.2) is 190 Å². The Kier molecular flexibility index (Phi) is 6.68. The smallest absolute Gasteiger partial charge is 0.178 e. The highest BCUT2D eigenvalue weighted by molar-refractivity contribution is 7.99. The van der Waals surface area contributed by atoms with Gasteiger partial charge in [0.1, 0.15) is 17.7 Å². The maximum Gasteiger partial charge on any atom is 0.178 e. The van der Waals surface area contributed by atoms with E-state index in [1.165, 1.54) is 43.2 Å². The van der Waals surface area contributed by atoms with E-state index in [0.29, 0.717) is 5.84 Å².